The molecule has 0 amide bonds. The minimum absolute atomic E-state index is 0.522. The number of benzene rings is 2. The molecule has 5 heteroatoms. The molecule has 1 aliphatic heterocycles. The van der Waals surface area contributed by atoms with Gasteiger partial charge in [-0.05, 0) is 29.8 Å². The van der Waals surface area contributed by atoms with E-state index >= 15 is 0 Å². The van der Waals surface area contributed by atoms with Crippen molar-refractivity contribution in [2.24, 2.45) is 0 Å². The first-order chi connectivity index (χ1) is 10.2. The Labute approximate surface area is 131 Å². The lowest BCUT2D eigenvalue weighted by molar-refractivity contribution is 0.169. The minimum Gasteiger partial charge on any atom is -0.496 e. The number of hydrogen-bond donors (Lipinski definition) is 1. The Bertz CT molecular complexity index is 657. The van der Waals surface area contributed by atoms with Crippen molar-refractivity contribution in [2.75, 3.05) is 20.3 Å². The number of fused-ring (bicyclic) bond motifs is 1. The van der Waals surface area contributed by atoms with Crippen LogP contribution >= 0.6 is 15.9 Å². The lowest BCUT2D eigenvalue weighted by Crippen LogP contribution is -2.15. The molecule has 21 heavy (non-hydrogen) atoms. The summed E-state index contributed by atoms with van der Waals surface area (Å²) in [4.78, 5) is 0. The van der Waals surface area contributed by atoms with Gasteiger partial charge in [-0.1, -0.05) is 28.1 Å². The van der Waals surface area contributed by atoms with Crippen LogP contribution in [0.25, 0.3) is 0 Å². The zero-order valence-electron chi connectivity index (χ0n) is 11.5. The van der Waals surface area contributed by atoms with E-state index in [4.69, 9.17) is 14.2 Å². The van der Waals surface area contributed by atoms with Crippen molar-refractivity contribution < 1.29 is 19.3 Å². The van der Waals surface area contributed by atoms with E-state index in [9.17, 15) is 5.11 Å². The van der Waals surface area contributed by atoms with Gasteiger partial charge in [0, 0.05) is 10.0 Å². The van der Waals surface area contributed by atoms with Gasteiger partial charge in [-0.25, -0.2) is 0 Å². The Morgan fingerprint density at radius 1 is 1.10 bits per heavy atom. The van der Waals surface area contributed by atoms with Crippen LogP contribution in [0.3, 0.4) is 0 Å². The van der Waals surface area contributed by atoms with E-state index in [1.807, 2.05) is 30.3 Å². The summed E-state index contributed by atoms with van der Waals surface area (Å²) in [6.45, 7) is 1.07. The topological polar surface area (TPSA) is 47.9 Å². The van der Waals surface area contributed by atoms with Gasteiger partial charge in [0.2, 0.25) is 0 Å². The minimum atomic E-state index is -0.788. The van der Waals surface area contributed by atoms with Crippen LogP contribution in [0.15, 0.2) is 40.9 Å². The molecule has 1 unspecified atom stereocenters. The average molecular weight is 351 g/mol. The standard InChI is InChI=1S/C16H15BrO4/c1-19-14-9-11(17)3-4-12(14)16(18)10-2-5-13-15(8-10)21-7-6-20-13/h2-5,8-9,16,18H,6-7H2,1H3. The second-order valence-corrected chi connectivity index (χ2v) is 5.61. The van der Waals surface area contributed by atoms with Crippen molar-refractivity contribution in [3.05, 3.63) is 52.0 Å². The molecule has 0 aliphatic carbocycles. The van der Waals surface area contributed by atoms with Gasteiger partial charge in [-0.15, -0.1) is 0 Å². The molecule has 0 fully saturated rings. The third-order valence-electron chi connectivity index (χ3n) is 3.37. The van der Waals surface area contributed by atoms with Gasteiger partial charge in [-0.3, -0.25) is 0 Å². The second kappa shape index (κ2) is 5.95. The van der Waals surface area contributed by atoms with E-state index in [0.29, 0.717) is 36.0 Å². The van der Waals surface area contributed by atoms with Crippen LogP contribution in [-0.4, -0.2) is 25.4 Å². The Kier molecular flexibility index (Phi) is 4.03. The Morgan fingerprint density at radius 2 is 1.86 bits per heavy atom. The molecular formula is C16H15BrO4. The van der Waals surface area contributed by atoms with Gasteiger partial charge >= 0.3 is 0 Å². The Balaban J connectivity index is 1.96. The third kappa shape index (κ3) is 2.84. The summed E-state index contributed by atoms with van der Waals surface area (Å²) < 4.78 is 17.3. The van der Waals surface area contributed by atoms with Crippen molar-refractivity contribution in [3.63, 3.8) is 0 Å². The molecule has 0 spiro atoms. The highest BCUT2D eigenvalue weighted by Crippen LogP contribution is 2.37. The van der Waals surface area contributed by atoms with Gasteiger partial charge in [0.25, 0.3) is 0 Å². The summed E-state index contributed by atoms with van der Waals surface area (Å²) in [6, 6.07) is 11.0. The Hall–Kier alpha value is -1.72. The van der Waals surface area contributed by atoms with Gasteiger partial charge in [0.1, 0.15) is 25.1 Å². The molecule has 4 nitrogen and oxygen atoms in total. The first kappa shape index (κ1) is 14.2. The normalized spacial score (nSPS) is 14.6. The molecule has 0 saturated heterocycles. The first-order valence-corrected chi connectivity index (χ1v) is 7.39. The number of hydrogen-bond acceptors (Lipinski definition) is 4. The maximum absolute atomic E-state index is 10.6. The molecule has 1 atom stereocenters. The smallest absolute Gasteiger partial charge is 0.161 e. The van der Waals surface area contributed by atoms with E-state index in [0.717, 1.165) is 10.0 Å². The lowest BCUT2D eigenvalue weighted by Gasteiger charge is -2.21. The number of halogens is 1. The molecule has 2 aromatic carbocycles. The highest BCUT2D eigenvalue weighted by Gasteiger charge is 2.19. The number of aliphatic hydroxyl groups excluding tert-OH is 1. The predicted octanol–water partition coefficient (Wildman–Crippen LogP) is 3.31. The first-order valence-electron chi connectivity index (χ1n) is 6.60. The fourth-order valence-corrected chi connectivity index (χ4v) is 2.66. The molecule has 110 valence electrons. The van der Waals surface area contributed by atoms with Crippen molar-refractivity contribution >= 4 is 15.9 Å². The molecule has 1 aliphatic rings. The molecule has 1 N–H and O–H groups in total. The van der Waals surface area contributed by atoms with Crippen LogP contribution in [0.4, 0.5) is 0 Å². The summed E-state index contributed by atoms with van der Waals surface area (Å²) >= 11 is 3.39. The number of rotatable bonds is 3. The summed E-state index contributed by atoms with van der Waals surface area (Å²) in [5, 5.41) is 10.6. The summed E-state index contributed by atoms with van der Waals surface area (Å²) in [5.74, 6) is 2.00. The quantitative estimate of drug-likeness (QED) is 0.922. The molecule has 0 radical (unpaired) electrons. The van der Waals surface area contributed by atoms with E-state index in [2.05, 4.69) is 15.9 Å². The largest absolute Gasteiger partial charge is 0.496 e. The molecule has 0 aromatic heterocycles. The molecular weight excluding hydrogens is 336 g/mol. The van der Waals surface area contributed by atoms with E-state index in [1.54, 1.807) is 13.2 Å². The zero-order chi connectivity index (χ0) is 14.8. The SMILES string of the molecule is COc1cc(Br)ccc1C(O)c1ccc2c(c1)OCCO2. The number of methoxy groups -OCH3 is 1. The third-order valence-corrected chi connectivity index (χ3v) is 3.87. The van der Waals surface area contributed by atoms with Crippen LogP contribution in [0.2, 0.25) is 0 Å². The van der Waals surface area contributed by atoms with Crippen LogP contribution in [0.1, 0.15) is 17.2 Å². The molecule has 1 heterocycles. The maximum atomic E-state index is 10.6. The van der Waals surface area contributed by atoms with E-state index < -0.39 is 6.10 Å². The average Bonchev–Trinajstić information content (AvgIpc) is 2.53. The summed E-state index contributed by atoms with van der Waals surface area (Å²) in [7, 11) is 1.59. The highest BCUT2D eigenvalue weighted by atomic mass is 79.9. The van der Waals surface area contributed by atoms with Crippen molar-refractivity contribution in [2.45, 2.75) is 6.10 Å². The van der Waals surface area contributed by atoms with Crippen LogP contribution in [0, 0.1) is 0 Å². The second-order valence-electron chi connectivity index (χ2n) is 4.69. The highest BCUT2D eigenvalue weighted by molar-refractivity contribution is 9.10. The van der Waals surface area contributed by atoms with Gasteiger partial charge in [-0.2, -0.15) is 0 Å². The van der Waals surface area contributed by atoms with E-state index in [1.165, 1.54) is 0 Å². The monoisotopic (exact) mass is 350 g/mol. The molecule has 2 aromatic rings. The maximum Gasteiger partial charge on any atom is 0.161 e. The van der Waals surface area contributed by atoms with E-state index in [-0.39, 0.29) is 0 Å². The summed E-state index contributed by atoms with van der Waals surface area (Å²) in [6.07, 6.45) is -0.788. The lowest BCUT2D eigenvalue weighted by atomic mass is 10.00. The molecule has 0 bridgehead atoms. The van der Waals surface area contributed by atoms with Crippen LogP contribution in [-0.2, 0) is 0 Å². The van der Waals surface area contributed by atoms with Gasteiger partial charge in [0.15, 0.2) is 11.5 Å². The van der Waals surface area contributed by atoms with Crippen molar-refractivity contribution in [3.8, 4) is 17.2 Å². The van der Waals surface area contributed by atoms with Gasteiger partial charge in [0.05, 0.1) is 7.11 Å². The van der Waals surface area contributed by atoms with Gasteiger partial charge < -0.3 is 19.3 Å². The number of aliphatic hydroxyl groups is 1. The Morgan fingerprint density at radius 3 is 2.62 bits per heavy atom. The number of ether oxygens (including phenoxy) is 3. The van der Waals surface area contributed by atoms with Crippen LogP contribution < -0.4 is 14.2 Å². The summed E-state index contributed by atoms with van der Waals surface area (Å²) in [5.41, 5.74) is 1.44. The van der Waals surface area contributed by atoms with Crippen molar-refractivity contribution in [1.29, 1.82) is 0 Å². The van der Waals surface area contributed by atoms with Crippen LogP contribution in [0.5, 0.6) is 17.2 Å². The molecule has 3 rings (SSSR count). The zero-order valence-corrected chi connectivity index (χ0v) is 13.1. The fourth-order valence-electron chi connectivity index (χ4n) is 2.32. The van der Waals surface area contributed by atoms with Crippen molar-refractivity contribution in [1.82, 2.24) is 0 Å². The fraction of sp³-hybridized carbons (Fsp3) is 0.250. The predicted molar refractivity (Wildman–Crippen MR) is 82.2 cm³/mol. The molecule has 0 saturated carbocycles.